The fourth-order valence-electron chi connectivity index (χ4n) is 1.58. The summed E-state index contributed by atoms with van der Waals surface area (Å²) < 4.78 is 5.42. The summed E-state index contributed by atoms with van der Waals surface area (Å²) in [5.41, 5.74) is 0. The van der Waals surface area contributed by atoms with Crippen LogP contribution in [0.15, 0.2) is 12.2 Å². The summed E-state index contributed by atoms with van der Waals surface area (Å²) in [5.74, 6) is 0.397. The van der Waals surface area contributed by atoms with Crippen molar-refractivity contribution in [2.24, 2.45) is 5.92 Å². The second-order valence-electron chi connectivity index (χ2n) is 4.27. The molecule has 1 aliphatic heterocycles. The highest BCUT2D eigenvalue weighted by Gasteiger charge is 2.22. The summed E-state index contributed by atoms with van der Waals surface area (Å²) in [7, 11) is 2.00. The summed E-state index contributed by atoms with van der Waals surface area (Å²) in [5, 5.41) is 1.95. The number of hydrogen-bond donors (Lipinski definition) is 0. The highest BCUT2D eigenvalue weighted by Crippen LogP contribution is 2.17. The van der Waals surface area contributed by atoms with Crippen LogP contribution in [0.4, 0.5) is 0 Å². The Balaban J connectivity index is 2.46. The van der Waals surface area contributed by atoms with E-state index in [4.69, 9.17) is 9.57 Å². The van der Waals surface area contributed by atoms with Crippen LogP contribution < -0.4 is 0 Å². The van der Waals surface area contributed by atoms with Crippen LogP contribution in [-0.2, 0) is 9.57 Å². The van der Waals surface area contributed by atoms with Gasteiger partial charge in [-0.15, -0.1) is 0 Å². The molecule has 3 atom stereocenters. The zero-order valence-electron chi connectivity index (χ0n) is 10.3. The molecular weight excluding hydrogens is 190 g/mol. The van der Waals surface area contributed by atoms with Crippen LogP contribution in [0.25, 0.3) is 0 Å². The minimum absolute atomic E-state index is 0.145. The Morgan fingerprint density at radius 2 is 2.33 bits per heavy atom. The standard InChI is InChI=1S/C12H23NO2/c1-5-14-9-10(2)12-8-6-7-11(3)13(4)15-12/h6,8,10-12H,5,7,9H2,1-4H3/t10-,11-,12+/m1/s1. The zero-order chi connectivity index (χ0) is 11.3. The Kier molecular flexibility index (Phi) is 5.29. The van der Waals surface area contributed by atoms with E-state index in [2.05, 4.69) is 26.0 Å². The quantitative estimate of drug-likeness (QED) is 0.668. The average molecular weight is 213 g/mol. The third-order valence-electron chi connectivity index (χ3n) is 2.86. The van der Waals surface area contributed by atoms with Crippen LogP contribution in [-0.4, -0.2) is 37.5 Å². The molecule has 15 heavy (non-hydrogen) atoms. The van der Waals surface area contributed by atoms with Gasteiger partial charge in [0, 0.05) is 25.6 Å². The molecule has 0 amide bonds. The van der Waals surface area contributed by atoms with Gasteiger partial charge in [-0.2, -0.15) is 5.06 Å². The smallest absolute Gasteiger partial charge is 0.102 e. The lowest BCUT2D eigenvalue weighted by molar-refractivity contribution is -0.199. The van der Waals surface area contributed by atoms with Crippen molar-refractivity contribution in [1.82, 2.24) is 5.06 Å². The van der Waals surface area contributed by atoms with E-state index in [0.717, 1.165) is 19.6 Å². The topological polar surface area (TPSA) is 21.7 Å². The maximum atomic E-state index is 5.85. The lowest BCUT2D eigenvalue weighted by Gasteiger charge is -2.27. The molecule has 0 bridgehead atoms. The largest absolute Gasteiger partial charge is 0.381 e. The summed E-state index contributed by atoms with van der Waals surface area (Å²) >= 11 is 0. The highest BCUT2D eigenvalue weighted by molar-refractivity contribution is 4.95. The Bertz CT molecular complexity index is 206. The van der Waals surface area contributed by atoms with Crippen LogP contribution in [0.5, 0.6) is 0 Å². The normalized spacial score (nSPS) is 30.1. The van der Waals surface area contributed by atoms with Crippen LogP contribution >= 0.6 is 0 Å². The van der Waals surface area contributed by atoms with Crippen molar-refractivity contribution < 1.29 is 9.57 Å². The Morgan fingerprint density at radius 3 is 3.00 bits per heavy atom. The van der Waals surface area contributed by atoms with Crippen molar-refractivity contribution >= 4 is 0 Å². The molecule has 0 N–H and O–H groups in total. The average Bonchev–Trinajstić information content (AvgIpc) is 2.38. The molecule has 88 valence electrons. The van der Waals surface area contributed by atoms with Gasteiger partial charge in [-0.25, -0.2) is 0 Å². The van der Waals surface area contributed by atoms with E-state index >= 15 is 0 Å². The Labute approximate surface area is 93.0 Å². The van der Waals surface area contributed by atoms with E-state index in [9.17, 15) is 0 Å². The van der Waals surface area contributed by atoms with Crippen LogP contribution in [0.1, 0.15) is 27.2 Å². The molecule has 0 aromatic carbocycles. The van der Waals surface area contributed by atoms with Crippen LogP contribution in [0.2, 0.25) is 0 Å². The molecule has 1 aliphatic rings. The Morgan fingerprint density at radius 1 is 1.60 bits per heavy atom. The third kappa shape index (κ3) is 3.93. The predicted octanol–water partition coefficient (Wildman–Crippen LogP) is 2.24. The molecular formula is C12H23NO2. The van der Waals surface area contributed by atoms with Gasteiger partial charge < -0.3 is 4.74 Å². The van der Waals surface area contributed by atoms with Crippen molar-refractivity contribution in [3.05, 3.63) is 12.2 Å². The molecule has 0 unspecified atom stereocenters. The summed E-state index contributed by atoms with van der Waals surface area (Å²) in [6.45, 7) is 7.87. The summed E-state index contributed by atoms with van der Waals surface area (Å²) in [6, 6.07) is 0.450. The molecule has 0 spiro atoms. The number of hydrogen-bond acceptors (Lipinski definition) is 3. The SMILES string of the molecule is CCOC[C@@H](C)[C@@H]1C=CC[C@@H](C)N(C)O1. The van der Waals surface area contributed by atoms with Gasteiger partial charge in [-0.05, 0) is 20.3 Å². The molecule has 3 heteroatoms. The van der Waals surface area contributed by atoms with E-state index in [1.165, 1.54) is 0 Å². The van der Waals surface area contributed by atoms with Crippen LogP contribution in [0, 0.1) is 5.92 Å². The lowest BCUT2D eigenvalue weighted by atomic mass is 10.1. The van der Waals surface area contributed by atoms with Gasteiger partial charge in [0.15, 0.2) is 0 Å². The molecule has 0 fully saturated rings. The summed E-state index contributed by atoms with van der Waals surface area (Å²) in [6.07, 6.45) is 5.56. The lowest BCUT2D eigenvalue weighted by Crippen LogP contribution is -2.34. The number of hydroxylamine groups is 2. The first kappa shape index (κ1) is 12.7. The van der Waals surface area contributed by atoms with Crippen molar-refractivity contribution in [3.63, 3.8) is 0 Å². The van der Waals surface area contributed by atoms with E-state index in [1.807, 2.05) is 19.0 Å². The number of ether oxygens (including phenoxy) is 1. The van der Waals surface area contributed by atoms with Gasteiger partial charge in [-0.1, -0.05) is 19.1 Å². The van der Waals surface area contributed by atoms with E-state index in [1.54, 1.807) is 0 Å². The monoisotopic (exact) mass is 213 g/mol. The fraction of sp³-hybridized carbons (Fsp3) is 0.833. The van der Waals surface area contributed by atoms with Crippen molar-refractivity contribution in [2.45, 2.75) is 39.3 Å². The maximum absolute atomic E-state index is 5.85. The van der Waals surface area contributed by atoms with Gasteiger partial charge in [0.05, 0.1) is 6.61 Å². The van der Waals surface area contributed by atoms with Gasteiger partial charge >= 0.3 is 0 Å². The molecule has 0 saturated carbocycles. The van der Waals surface area contributed by atoms with Crippen molar-refractivity contribution in [2.75, 3.05) is 20.3 Å². The minimum atomic E-state index is 0.145. The van der Waals surface area contributed by atoms with E-state index in [0.29, 0.717) is 12.0 Å². The molecule has 0 aliphatic carbocycles. The fourth-order valence-corrected chi connectivity index (χ4v) is 1.58. The first-order chi connectivity index (χ1) is 7.15. The third-order valence-corrected chi connectivity index (χ3v) is 2.86. The molecule has 3 nitrogen and oxygen atoms in total. The molecule has 0 radical (unpaired) electrons. The molecule has 0 aromatic rings. The second kappa shape index (κ2) is 6.26. The van der Waals surface area contributed by atoms with E-state index < -0.39 is 0 Å². The first-order valence-corrected chi connectivity index (χ1v) is 5.79. The van der Waals surface area contributed by atoms with Crippen LogP contribution in [0.3, 0.4) is 0 Å². The minimum Gasteiger partial charge on any atom is -0.381 e. The highest BCUT2D eigenvalue weighted by atomic mass is 16.7. The number of rotatable bonds is 4. The molecule has 1 rings (SSSR count). The summed E-state index contributed by atoms with van der Waals surface area (Å²) in [4.78, 5) is 5.85. The zero-order valence-corrected chi connectivity index (χ0v) is 10.3. The van der Waals surface area contributed by atoms with Gasteiger partial charge in [0.25, 0.3) is 0 Å². The van der Waals surface area contributed by atoms with Crippen molar-refractivity contribution in [1.29, 1.82) is 0 Å². The molecule has 0 aromatic heterocycles. The molecule has 1 heterocycles. The Hall–Kier alpha value is -0.380. The van der Waals surface area contributed by atoms with Gasteiger partial charge in [-0.3, -0.25) is 4.84 Å². The van der Waals surface area contributed by atoms with E-state index in [-0.39, 0.29) is 6.10 Å². The van der Waals surface area contributed by atoms with Gasteiger partial charge in [0.2, 0.25) is 0 Å². The number of nitrogens with zero attached hydrogens (tertiary/aromatic N) is 1. The van der Waals surface area contributed by atoms with Gasteiger partial charge in [0.1, 0.15) is 6.10 Å². The first-order valence-electron chi connectivity index (χ1n) is 5.79. The second-order valence-corrected chi connectivity index (χ2v) is 4.27. The molecule has 0 saturated heterocycles. The van der Waals surface area contributed by atoms with Crippen molar-refractivity contribution in [3.8, 4) is 0 Å². The predicted molar refractivity (Wildman–Crippen MR) is 61.5 cm³/mol. The maximum Gasteiger partial charge on any atom is 0.102 e.